The first-order chi connectivity index (χ1) is 14.2. The van der Waals surface area contributed by atoms with Gasteiger partial charge in [0.05, 0.1) is 6.10 Å². The summed E-state index contributed by atoms with van der Waals surface area (Å²) in [5, 5.41) is 24.7. The van der Waals surface area contributed by atoms with Crippen molar-refractivity contribution in [2.45, 2.75) is 97.1 Å². The summed E-state index contributed by atoms with van der Waals surface area (Å²) >= 11 is 0. The molecule has 4 aliphatic carbocycles. The second-order valence-electron chi connectivity index (χ2n) is 11.5. The number of hydrogen-bond acceptors (Lipinski definition) is 3. The standard InChI is InChI=1S/C24H39N3O3/c1-14(4-9-22(29)30)18-7-8-19-17-6-5-15-12-16(26-27-25)10-11-23(15,2)20(17)13-21(28)24(18,19)3/h14-21,28H,4-13H2,1-3H3,(H,29,30)/t14-,15-,16?,17+,18-,19+,20+,21+,23+,24-/m1/s1. The van der Waals surface area contributed by atoms with E-state index in [2.05, 4.69) is 30.8 Å². The fourth-order valence-corrected chi connectivity index (χ4v) is 8.89. The minimum Gasteiger partial charge on any atom is -0.481 e. The lowest BCUT2D eigenvalue weighted by Gasteiger charge is -2.62. The molecule has 0 aliphatic heterocycles. The summed E-state index contributed by atoms with van der Waals surface area (Å²) in [5.74, 6) is 2.44. The predicted molar refractivity (Wildman–Crippen MR) is 116 cm³/mol. The maximum atomic E-state index is 11.5. The predicted octanol–water partition coefficient (Wildman–Crippen LogP) is 5.80. The Kier molecular flexibility index (Phi) is 5.87. The van der Waals surface area contributed by atoms with Crippen LogP contribution in [0.3, 0.4) is 0 Å². The number of carboxylic acid groups (broad SMARTS) is 1. The minimum atomic E-state index is -0.714. The topological polar surface area (TPSA) is 106 Å². The van der Waals surface area contributed by atoms with Gasteiger partial charge in [0.2, 0.25) is 0 Å². The number of rotatable bonds is 5. The van der Waals surface area contributed by atoms with Gasteiger partial charge in [-0.2, -0.15) is 0 Å². The van der Waals surface area contributed by atoms with E-state index >= 15 is 0 Å². The van der Waals surface area contributed by atoms with Crippen molar-refractivity contribution in [1.82, 2.24) is 0 Å². The summed E-state index contributed by atoms with van der Waals surface area (Å²) < 4.78 is 0. The monoisotopic (exact) mass is 417 g/mol. The molecule has 168 valence electrons. The first-order valence-corrected chi connectivity index (χ1v) is 12.2. The fourth-order valence-electron chi connectivity index (χ4n) is 8.89. The molecular weight excluding hydrogens is 378 g/mol. The first-order valence-electron chi connectivity index (χ1n) is 12.2. The van der Waals surface area contributed by atoms with E-state index in [1.807, 2.05) is 0 Å². The van der Waals surface area contributed by atoms with E-state index in [1.165, 1.54) is 19.3 Å². The number of aliphatic hydroxyl groups is 1. The van der Waals surface area contributed by atoms with Crippen LogP contribution < -0.4 is 0 Å². The van der Waals surface area contributed by atoms with E-state index in [0.29, 0.717) is 41.9 Å². The molecule has 4 rings (SSSR count). The lowest BCUT2D eigenvalue weighted by molar-refractivity contribution is -0.169. The van der Waals surface area contributed by atoms with Gasteiger partial charge >= 0.3 is 5.97 Å². The Labute approximate surface area is 180 Å². The van der Waals surface area contributed by atoms with Gasteiger partial charge in [-0.25, -0.2) is 0 Å². The highest BCUT2D eigenvalue weighted by atomic mass is 16.4. The van der Waals surface area contributed by atoms with Crippen LogP contribution in [0.25, 0.3) is 10.4 Å². The van der Waals surface area contributed by atoms with Crippen LogP contribution in [-0.4, -0.2) is 28.3 Å². The van der Waals surface area contributed by atoms with Crippen LogP contribution in [0.1, 0.15) is 85.0 Å². The molecule has 0 heterocycles. The van der Waals surface area contributed by atoms with Crippen LogP contribution in [0, 0.1) is 46.3 Å². The minimum absolute atomic E-state index is 0.0788. The SMILES string of the molecule is C[C@H](CCC(=O)O)[C@H]1CC[C@H]2[C@@H]3CC[C@@H]4CC(N=[N+]=[N-])CC[C@]4(C)[C@H]3C[C@H](O)[C@]12C. The number of hydrogen-bond donors (Lipinski definition) is 2. The molecule has 0 radical (unpaired) electrons. The number of fused-ring (bicyclic) bond motifs is 5. The third-order valence-corrected chi connectivity index (χ3v) is 10.5. The van der Waals surface area contributed by atoms with Crippen LogP contribution >= 0.6 is 0 Å². The third kappa shape index (κ3) is 3.35. The average Bonchev–Trinajstić information content (AvgIpc) is 3.06. The molecule has 6 nitrogen and oxygen atoms in total. The van der Waals surface area contributed by atoms with Crippen molar-refractivity contribution in [2.75, 3.05) is 0 Å². The molecule has 4 saturated carbocycles. The molecule has 0 spiro atoms. The Morgan fingerprint density at radius 3 is 2.63 bits per heavy atom. The van der Waals surface area contributed by atoms with Crippen molar-refractivity contribution in [3.63, 3.8) is 0 Å². The van der Waals surface area contributed by atoms with Crippen molar-refractivity contribution in [2.24, 2.45) is 51.5 Å². The molecule has 4 fully saturated rings. The molecule has 10 atom stereocenters. The van der Waals surface area contributed by atoms with Crippen molar-refractivity contribution >= 4 is 5.97 Å². The van der Waals surface area contributed by atoms with Gasteiger partial charge < -0.3 is 10.2 Å². The summed E-state index contributed by atoms with van der Waals surface area (Å²) in [6.45, 7) is 6.98. The summed E-state index contributed by atoms with van der Waals surface area (Å²) in [7, 11) is 0. The Balaban J connectivity index is 1.55. The number of carboxylic acids is 1. The van der Waals surface area contributed by atoms with Crippen molar-refractivity contribution in [3.05, 3.63) is 10.4 Å². The molecule has 0 aromatic rings. The van der Waals surface area contributed by atoms with E-state index in [-0.39, 0.29) is 29.4 Å². The molecule has 0 aromatic carbocycles. The molecule has 0 amide bonds. The summed E-state index contributed by atoms with van der Waals surface area (Å²) in [6.07, 6.45) is 9.39. The highest BCUT2D eigenvalue weighted by Gasteiger charge is 2.63. The quantitative estimate of drug-likeness (QED) is 0.335. The molecule has 1 unspecified atom stereocenters. The zero-order valence-corrected chi connectivity index (χ0v) is 18.8. The van der Waals surface area contributed by atoms with Crippen LogP contribution in [0.2, 0.25) is 0 Å². The summed E-state index contributed by atoms with van der Waals surface area (Å²) in [5.41, 5.74) is 9.03. The van der Waals surface area contributed by atoms with Gasteiger partial charge in [0, 0.05) is 17.4 Å². The van der Waals surface area contributed by atoms with Gasteiger partial charge in [0.25, 0.3) is 0 Å². The summed E-state index contributed by atoms with van der Waals surface area (Å²) in [6, 6.07) is 0.148. The Hall–Kier alpha value is -1.26. The Bertz CT molecular complexity index is 722. The number of azide groups is 1. The van der Waals surface area contributed by atoms with E-state index in [1.54, 1.807) is 0 Å². The van der Waals surface area contributed by atoms with Gasteiger partial charge in [0.15, 0.2) is 0 Å². The second-order valence-corrected chi connectivity index (χ2v) is 11.5. The van der Waals surface area contributed by atoms with Crippen LogP contribution in [-0.2, 0) is 4.79 Å². The molecule has 0 aromatic heterocycles. The first kappa shape index (κ1) is 22.0. The molecule has 30 heavy (non-hydrogen) atoms. The maximum absolute atomic E-state index is 11.5. The highest BCUT2D eigenvalue weighted by Crippen LogP contribution is 2.68. The van der Waals surface area contributed by atoms with Crippen LogP contribution in [0.5, 0.6) is 0 Å². The third-order valence-electron chi connectivity index (χ3n) is 10.5. The van der Waals surface area contributed by atoms with Gasteiger partial charge in [0.1, 0.15) is 0 Å². The zero-order valence-electron chi connectivity index (χ0n) is 18.8. The lowest BCUT2D eigenvalue weighted by Crippen LogP contribution is -2.58. The van der Waals surface area contributed by atoms with Crippen molar-refractivity contribution < 1.29 is 15.0 Å². The van der Waals surface area contributed by atoms with E-state index in [4.69, 9.17) is 10.6 Å². The second kappa shape index (κ2) is 8.02. The van der Waals surface area contributed by atoms with E-state index < -0.39 is 5.97 Å². The molecule has 2 N–H and O–H groups in total. The normalized spacial score (nSPS) is 48.6. The van der Waals surface area contributed by atoms with Crippen molar-refractivity contribution in [1.29, 1.82) is 0 Å². The largest absolute Gasteiger partial charge is 0.481 e. The Morgan fingerprint density at radius 1 is 1.17 bits per heavy atom. The number of nitrogens with zero attached hydrogens (tertiary/aromatic N) is 3. The van der Waals surface area contributed by atoms with Gasteiger partial charge in [-0.1, -0.05) is 25.9 Å². The summed E-state index contributed by atoms with van der Waals surface area (Å²) in [4.78, 5) is 14.2. The van der Waals surface area contributed by atoms with Gasteiger partial charge in [-0.3, -0.25) is 4.79 Å². The number of aliphatic hydroxyl groups excluding tert-OH is 1. The highest BCUT2D eigenvalue weighted by molar-refractivity contribution is 5.66. The maximum Gasteiger partial charge on any atom is 0.303 e. The van der Waals surface area contributed by atoms with Gasteiger partial charge in [-0.15, -0.1) is 0 Å². The van der Waals surface area contributed by atoms with Crippen LogP contribution in [0.15, 0.2) is 5.11 Å². The average molecular weight is 418 g/mol. The van der Waals surface area contributed by atoms with Crippen LogP contribution in [0.4, 0.5) is 0 Å². The van der Waals surface area contributed by atoms with Gasteiger partial charge in [-0.05, 0) is 110 Å². The molecule has 4 aliphatic rings. The molecule has 0 bridgehead atoms. The smallest absolute Gasteiger partial charge is 0.303 e. The lowest BCUT2D eigenvalue weighted by atomic mass is 9.43. The number of aliphatic carboxylic acids is 1. The number of carbonyl (C=O) groups is 1. The van der Waals surface area contributed by atoms with Crippen molar-refractivity contribution in [3.8, 4) is 0 Å². The molecule has 6 heteroatoms. The zero-order chi connectivity index (χ0) is 21.7. The Morgan fingerprint density at radius 2 is 1.93 bits per heavy atom. The van der Waals surface area contributed by atoms with E-state index in [9.17, 15) is 9.90 Å². The fraction of sp³-hybridized carbons (Fsp3) is 0.958. The molecule has 0 saturated heterocycles. The molecular formula is C24H39N3O3. The van der Waals surface area contributed by atoms with E-state index in [0.717, 1.165) is 32.1 Å².